The van der Waals surface area contributed by atoms with Crippen molar-refractivity contribution in [2.75, 3.05) is 26.4 Å². The van der Waals surface area contributed by atoms with Crippen LogP contribution in [0.4, 0.5) is 0 Å². The van der Waals surface area contributed by atoms with Crippen molar-refractivity contribution >= 4 is 19.8 Å². The molecular weight excluding hydrogens is 765 g/mol. The fourth-order valence-electron chi connectivity index (χ4n) is 5.93. The Kier molecular flexibility index (Phi) is 41.6. The average molecular weight is 850 g/mol. The van der Waals surface area contributed by atoms with Gasteiger partial charge in [0.05, 0.1) is 19.8 Å². The molecule has 10 nitrogen and oxygen atoms in total. The van der Waals surface area contributed by atoms with Gasteiger partial charge in [-0.1, -0.05) is 170 Å². The van der Waals surface area contributed by atoms with Crippen LogP contribution >= 0.6 is 7.82 Å². The van der Waals surface area contributed by atoms with Crippen LogP contribution in [0.1, 0.15) is 181 Å². The molecule has 0 fully saturated rings. The first kappa shape index (κ1) is 56.4. The number of esters is 1. The Morgan fingerprint density at radius 3 is 1.47 bits per heavy atom. The topological polar surface area (TPSA) is 155 Å². The standard InChI is InChI=1S/C48H84NO9P/c1-3-5-7-9-11-13-15-17-19-20-21-22-23-24-25-26-27-28-30-32-34-36-38-40-47(50)58-45(43-56-59(53,54)57-44-46(49)48(51)52)42-55-41-39-37-35-33-31-29-18-16-14-12-10-8-6-4-2/h6,8,12,14-15,17-18,20-21,29,33,35,45-46H,3-5,7,9-11,13,16,19,22-28,30-32,34,36-44,49H2,1-2H3,(H,51,52)(H,53,54)/b8-6-,14-12-,17-15-,21-20-,29-18-,35-33-. The van der Waals surface area contributed by atoms with Gasteiger partial charge in [-0.3, -0.25) is 18.6 Å². The lowest BCUT2D eigenvalue weighted by Crippen LogP contribution is -2.34. The summed E-state index contributed by atoms with van der Waals surface area (Å²) in [6.07, 6.45) is 54.0. The first-order chi connectivity index (χ1) is 28.7. The monoisotopic (exact) mass is 850 g/mol. The van der Waals surface area contributed by atoms with Crippen LogP contribution in [0, 0.1) is 0 Å². The van der Waals surface area contributed by atoms with Gasteiger partial charge < -0.3 is 25.2 Å². The minimum atomic E-state index is -4.64. The van der Waals surface area contributed by atoms with Crippen LogP contribution in [0.25, 0.3) is 0 Å². The molecule has 340 valence electrons. The number of rotatable bonds is 43. The van der Waals surface area contributed by atoms with Crippen LogP contribution in [0.15, 0.2) is 72.9 Å². The summed E-state index contributed by atoms with van der Waals surface area (Å²) in [7, 11) is -4.64. The number of phosphoric ester groups is 1. The molecule has 3 atom stereocenters. The Balaban J connectivity index is 4.23. The lowest BCUT2D eigenvalue weighted by atomic mass is 10.0. The number of ether oxygens (including phenoxy) is 2. The molecule has 0 aromatic rings. The van der Waals surface area contributed by atoms with Gasteiger partial charge in [0, 0.05) is 13.0 Å². The quantitative estimate of drug-likeness (QED) is 0.0234. The number of unbranched alkanes of at least 4 members (excludes halogenated alkanes) is 17. The van der Waals surface area contributed by atoms with Gasteiger partial charge in [-0.15, -0.1) is 0 Å². The van der Waals surface area contributed by atoms with Crippen LogP contribution < -0.4 is 5.73 Å². The van der Waals surface area contributed by atoms with E-state index in [1.54, 1.807) is 0 Å². The van der Waals surface area contributed by atoms with Crippen molar-refractivity contribution in [1.82, 2.24) is 0 Å². The molecule has 0 rings (SSSR count). The number of carboxylic acid groups (broad SMARTS) is 1. The van der Waals surface area contributed by atoms with E-state index >= 15 is 0 Å². The maximum Gasteiger partial charge on any atom is 0.472 e. The number of aliphatic carboxylic acids is 1. The highest BCUT2D eigenvalue weighted by Gasteiger charge is 2.27. The molecule has 0 aliphatic rings. The summed E-state index contributed by atoms with van der Waals surface area (Å²) in [5, 5.41) is 8.90. The number of hydrogen-bond acceptors (Lipinski definition) is 8. The lowest BCUT2D eigenvalue weighted by Gasteiger charge is -2.20. The summed E-state index contributed by atoms with van der Waals surface area (Å²) < 4.78 is 33.3. The molecule has 0 aliphatic heterocycles. The highest BCUT2D eigenvalue weighted by atomic mass is 31.2. The number of nitrogens with two attached hydrogens (primary N) is 1. The van der Waals surface area contributed by atoms with Crippen molar-refractivity contribution in [3.8, 4) is 0 Å². The molecular formula is C48H84NO9P. The predicted molar refractivity (Wildman–Crippen MR) is 244 cm³/mol. The molecule has 0 saturated heterocycles. The van der Waals surface area contributed by atoms with Gasteiger partial charge in [-0.05, 0) is 77.0 Å². The Morgan fingerprint density at radius 1 is 0.559 bits per heavy atom. The van der Waals surface area contributed by atoms with E-state index in [9.17, 15) is 19.0 Å². The molecule has 0 saturated carbocycles. The minimum absolute atomic E-state index is 0.0250. The summed E-state index contributed by atoms with van der Waals surface area (Å²) in [6, 6.07) is -1.48. The van der Waals surface area contributed by atoms with E-state index in [0.717, 1.165) is 64.2 Å². The van der Waals surface area contributed by atoms with Crippen molar-refractivity contribution in [1.29, 1.82) is 0 Å². The molecule has 0 radical (unpaired) electrons. The third-order valence-electron chi connectivity index (χ3n) is 9.47. The van der Waals surface area contributed by atoms with Crippen LogP contribution in [0.3, 0.4) is 0 Å². The first-order valence-electron chi connectivity index (χ1n) is 23.0. The van der Waals surface area contributed by atoms with E-state index in [1.165, 1.54) is 89.9 Å². The largest absolute Gasteiger partial charge is 0.480 e. The van der Waals surface area contributed by atoms with Gasteiger partial charge in [0.1, 0.15) is 12.1 Å². The molecule has 4 N–H and O–H groups in total. The molecule has 0 aliphatic carbocycles. The second-order valence-electron chi connectivity index (χ2n) is 15.1. The van der Waals surface area contributed by atoms with E-state index in [1.807, 2.05) is 0 Å². The zero-order valence-corrected chi connectivity index (χ0v) is 38.0. The summed E-state index contributed by atoms with van der Waals surface area (Å²) in [5.41, 5.74) is 5.35. The van der Waals surface area contributed by atoms with E-state index in [0.29, 0.717) is 13.0 Å². The number of phosphoric acid groups is 1. The number of carbonyl (C=O) groups is 2. The SMILES string of the molecule is CC/C=C\C/C=C\C/C=C\C/C=C\CCCOCC(COP(=O)(O)OCC(N)C(=O)O)OC(=O)CCCCCCCCCCCCC/C=C\C/C=C\CCCCCCC. The average Bonchev–Trinajstić information content (AvgIpc) is 3.21. The Hall–Kier alpha value is -2.59. The third kappa shape index (κ3) is 43.3. The maximum atomic E-state index is 12.7. The van der Waals surface area contributed by atoms with E-state index < -0.39 is 45.1 Å². The van der Waals surface area contributed by atoms with Crippen molar-refractivity contribution in [2.24, 2.45) is 5.73 Å². The van der Waals surface area contributed by atoms with Crippen molar-refractivity contribution in [3.63, 3.8) is 0 Å². The molecule has 3 unspecified atom stereocenters. The number of hydrogen-bond donors (Lipinski definition) is 3. The predicted octanol–water partition coefficient (Wildman–Crippen LogP) is 13.0. The Labute approximate surface area is 359 Å². The Bertz CT molecular complexity index is 1210. The van der Waals surface area contributed by atoms with E-state index in [4.69, 9.17) is 29.4 Å². The van der Waals surface area contributed by atoms with Crippen LogP contribution in [-0.4, -0.2) is 60.5 Å². The van der Waals surface area contributed by atoms with Crippen molar-refractivity contribution in [2.45, 2.75) is 193 Å². The van der Waals surface area contributed by atoms with Crippen LogP contribution in [-0.2, 0) is 32.7 Å². The zero-order valence-electron chi connectivity index (χ0n) is 37.1. The second kappa shape index (κ2) is 43.5. The van der Waals surface area contributed by atoms with Gasteiger partial charge in [0.2, 0.25) is 0 Å². The summed E-state index contributed by atoms with van der Waals surface area (Å²) in [4.78, 5) is 33.6. The van der Waals surface area contributed by atoms with Crippen molar-refractivity contribution < 1.29 is 42.7 Å². The highest BCUT2D eigenvalue weighted by Crippen LogP contribution is 2.43. The van der Waals surface area contributed by atoms with Crippen LogP contribution in [0.5, 0.6) is 0 Å². The van der Waals surface area contributed by atoms with Crippen molar-refractivity contribution in [3.05, 3.63) is 72.9 Å². The number of carbonyl (C=O) groups excluding carboxylic acids is 1. The summed E-state index contributed by atoms with van der Waals surface area (Å²) in [6.45, 7) is 3.60. The van der Waals surface area contributed by atoms with Gasteiger partial charge in [-0.25, -0.2) is 4.57 Å². The normalized spacial score (nSPS) is 14.5. The molecule has 0 aromatic carbocycles. The Morgan fingerprint density at radius 2 is 0.983 bits per heavy atom. The van der Waals surface area contributed by atoms with E-state index in [2.05, 4.69) is 86.8 Å². The molecule has 0 heterocycles. The highest BCUT2D eigenvalue weighted by molar-refractivity contribution is 7.47. The smallest absolute Gasteiger partial charge is 0.472 e. The molecule has 0 aromatic heterocycles. The minimum Gasteiger partial charge on any atom is -0.480 e. The van der Waals surface area contributed by atoms with Crippen LogP contribution in [0.2, 0.25) is 0 Å². The second-order valence-corrected chi connectivity index (χ2v) is 16.6. The molecule has 11 heteroatoms. The molecule has 59 heavy (non-hydrogen) atoms. The first-order valence-corrected chi connectivity index (χ1v) is 24.5. The molecule has 0 amide bonds. The fourth-order valence-corrected chi connectivity index (χ4v) is 6.71. The fraction of sp³-hybridized carbons (Fsp3) is 0.708. The number of carboxylic acids is 1. The summed E-state index contributed by atoms with van der Waals surface area (Å²) in [5.74, 6) is -1.81. The molecule has 0 bridgehead atoms. The van der Waals surface area contributed by atoms with Gasteiger partial charge in [-0.2, -0.15) is 0 Å². The van der Waals surface area contributed by atoms with Gasteiger partial charge in [0.25, 0.3) is 0 Å². The maximum absolute atomic E-state index is 12.7. The number of allylic oxidation sites excluding steroid dienone is 12. The lowest BCUT2D eigenvalue weighted by molar-refractivity contribution is -0.154. The van der Waals surface area contributed by atoms with Gasteiger partial charge >= 0.3 is 19.8 Å². The summed E-state index contributed by atoms with van der Waals surface area (Å²) >= 11 is 0. The van der Waals surface area contributed by atoms with Gasteiger partial charge in [0.15, 0.2) is 0 Å². The zero-order chi connectivity index (χ0) is 43.3. The van der Waals surface area contributed by atoms with E-state index in [-0.39, 0.29) is 13.0 Å². The third-order valence-corrected chi connectivity index (χ3v) is 10.4. The molecule has 0 spiro atoms.